The summed E-state index contributed by atoms with van der Waals surface area (Å²) in [5.74, 6) is 0. The number of benzene rings is 2. The molecule has 27 heavy (non-hydrogen) atoms. The van der Waals surface area contributed by atoms with Gasteiger partial charge in [-0.2, -0.15) is 0 Å². The Labute approximate surface area is 159 Å². The summed E-state index contributed by atoms with van der Waals surface area (Å²) < 4.78 is 10.7. The quantitative estimate of drug-likeness (QED) is 0.723. The van der Waals surface area contributed by atoms with E-state index < -0.39 is 6.09 Å². The molecule has 0 N–H and O–H groups in total. The van der Waals surface area contributed by atoms with Crippen molar-refractivity contribution in [1.82, 2.24) is 9.80 Å². The number of nitrogens with zero attached hydrogens (tertiary/aromatic N) is 2. The maximum absolute atomic E-state index is 12.6. The maximum atomic E-state index is 12.6. The van der Waals surface area contributed by atoms with Crippen LogP contribution in [-0.2, 0) is 22.6 Å². The molecule has 0 unspecified atom stereocenters. The Balaban J connectivity index is 1.59. The van der Waals surface area contributed by atoms with Gasteiger partial charge in [0.2, 0.25) is 0 Å². The van der Waals surface area contributed by atoms with Crippen LogP contribution in [0.25, 0.3) is 0 Å². The SMILES string of the molecule is O=C(OCN(Cc1ccccc1)C(=O)OCc1ccccc1)N1CCCC1. The van der Waals surface area contributed by atoms with Crippen LogP contribution in [-0.4, -0.2) is 41.8 Å². The molecule has 1 fully saturated rings. The Morgan fingerprint density at radius 2 is 1.44 bits per heavy atom. The van der Waals surface area contributed by atoms with Gasteiger partial charge in [0.15, 0.2) is 6.73 Å². The molecule has 1 saturated heterocycles. The first kappa shape index (κ1) is 18.8. The maximum Gasteiger partial charge on any atom is 0.413 e. The summed E-state index contributed by atoms with van der Waals surface area (Å²) in [5.41, 5.74) is 1.84. The zero-order valence-electron chi connectivity index (χ0n) is 15.3. The molecule has 142 valence electrons. The summed E-state index contributed by atoms with van der Waals surface area (Å²) in [5, 5.41) is 0. The smallest absolute Gasteiger partial charge is 0.413 e. The fourth-order valence-electron chi connectivity index (χ4n) is 2.90. The zero-order valence-corrected chi connectivity index (χ0v) is 15.3. The van der Waals surface area contributed by atoms with Crippen LogP contribution in [0.5, 0.6) is 0 Å². The fourth-order valence-corrected chi connectivity index (χ4v) is 2.90. The Kier molecular flexibility index (Phi) is 6.68. The minimum absolute atomic E-state index is 0.141. The first-order chi connectivity index (χ1) is 13.2. The van der Waals surface area contributed by atoms with Gasteiger partial charge in [0.25, 0.3) is 0 Å². The molecule has 1 aliphatic heterocycles. The van der Waals surface area contributed by atoms with Gasteiger partial charge in [0.1, 0.15) is 6.61 Å². The topological polar surface area (TPSA) is 59.1 Å². The minimum atomic E-state index is -0.517. The second-order valence-electron chi connectivity index (χ2n) is 6.46. The van der Waals surface area contributed by atoms with Crippen LogP contribution in [0.2, 0.25) is 0 Å². The van der Waals surface area contributed by atoms with Gasteiger partial charge < -0.3 is 14.4 Å². The lowest BCUT2D eigenvalue weighted by molar-refractivity contribution is 0.0300. The number of carbonyl (C=O) groups is 2. The van der Waals surface area contributed by atoms with Crippen molar-refractivity contribution in [2.75, 3.05) is 19.8 Å². The molecular weight excluding hydrogens is 344 g/mol. The molecule has 0 saturated carbocycles. The molecule has 1 heterocycles. The molecule has 2 aromatic rings. The van der Waals surface area contributed by atoms with Gasteiger partial charge in [-0.1, -0.05) is 60.7 Å². The van der Waals surface area contributed by atoms with Gasteiger partial charge in [0.05, 0.1) is 6.54 Å². The summed E-state index contributed by atoms with van der Waals surface area (Å²) in [6, 6.07) is 19.0. The lowest BCUT2D eigenvalue weighted by Crippen LogP contribution is -2.37. The second-order valence-corrected chi connectivity index (χ2v) is 6.46. The van der Waals surface area contributed by atoms with Gasteiger partial charge in [0, 0.05) is 13.1 Å². The van der Waals surface area contributed by atoms with Gasteiger partial charge in [-0.05, 0) is 24.0 Å². The third-order valence-electron chi connectivity index (χ3n) is 4.39. The Morgan fingerprint density at radius 1 is 0.852 bits per heavy atom. The van der Waals surface area contributed by atoms with E-state index in [9.17, 15) is 9.59 Å². The monoisotopic (exact) mass is 368 g/mol. The first-order valence-electron chi connectivity index (χ1n) is 9.13. The highest BCUT2D eigenvalue weighted by molar-refractivity contribution is 5.70. The zero-order chi connectivity index (χ0) is 18.9. The third kappa shape index (κ3) is 5.74. The molecule has 6 nitrogen and oxygen atoms in total. The van der Waals surface area contributed by atoms with E-state index in [-0.39, 0.29) is 19.4 Å². The molecule has 0 bridgehead atoms. The van der Waals surface area contributed by atoms with E-state index in [1.807, 2.05) is 60.7 Å². The Bertz CT molecular complexity index is 730. The number of rotatable bonds is 6. The average Bonchev–Trinajstić information content (AvgIpc) is 3.25. The lowest BCUT2D eigenvalue weighted by atomic mass is 10.2. The number of likely N-dealkylation sites (tertiary alicyclic amines) is 1. The molecule has 2 amide bonds. The predicted molar refractivity (Wildman–Crippen MR) is 101 cm³/mol. The minimum Gasteiger partial charge on any atom is -0.444 e. The molecule has 0 aromatic heterocycles. The molecule has 6 heteroatoms. The van der Waals surface area contributed by atoms with Crippen molar-refractivity contribution >= 4 is 12.2 Å². The summed E-state index contributed by atoms with van der Waals surface area (Å²) in [6.45, 7) is 1.75. The third-order valence-corrected chi connectivity index (χ3v) is 4.39. The van der Waals surface area contributed by atoms with Crippen molar-refractivity contribution in [3.8, 4) is 0 Å². The predicted octanol–water partition coefficient (Wildman–Crippen LogP) is 4.02. The summed E-state index contributed by atoms with van der Waals surface area (Å²) in [6.07, 6.45) is 1.07. The van der Waals surface area contributed by atoms with Crippen LogP contribution in [0.15, 0.2) is 60.7 Å². The normalized spacial score (nSPS) is 13.3. The number of carbonyl (C=O) groups excluding carboxylic acids is 2. The molecule has 0 atom stereocenters. The Morgan fingerprint density at radius 3 is 2.07 bits per heavy atom. The highest BCUT2D eigenvalue weighted by Crippen LogP contribution is 2.12. The Hall–Kier alpha value is -3.02. The van der Waals surface area contributed by atoms with E-state index in [1.54, 1.807) is 4.90 Å². The number of ether oxygens (including phenoxy) is 2. The largest absolute Gasteiger partial charge is 0.444 e. The van der Waals surface area contributed by atoms with Crippen molar-refractivity contribution in [3.05, 3.63) is 71.8 Å². The molecule has 2 aromatic carbocycles. The molecule has 1 aliphatic rings. The van der Waals surface area contributed by atoms with Gasteiger partial charge in [-0.25, -0.2) is 9.59 Å². The fraction of sp³-hybridized carbons (Fsp3) is 0.333. The van der Waals surface area contributed by atoms with E-state index in [4.69, 9.17) is 9.47 Å². The van der Waals surface area contributed by atoms with Crippen LogP contribution in [0.3, 0.4) is 0 Å². The molecule has 0 aliphatic carbocycles. The number of hydrogen-bond donors (Lipinski definition) is 0. The molecule has 3 rings (SSSR count). The van der Waals surface area contributed by atoms with Crippen LogP contribution in [0.1, 0.15) is 24.0 Å². The van der Waals surface area contributed by atoms with Gasteiger partial charge in [-0.3, -0.25) is 4.90 Å². The van der Waals surface area contributed by atoms with E-state index in [1.165, 1.54) is 4.90 Å². The van der Waals surface area contributed by atoms with Gasteiger partial charge >= 0.3 is 12.2 Å². The van der Waals surface area contributed by atoms with Crippen molar-refractivity contribution in [2.24, 2.45) is 0 Å². The molecule has 0 radical (unpaired) electrons. The summed E-state index contributed by atoms with van der Waals surface area (Å²) in [4.78, 5) is 27.7. The number of hydrogen-bond acceptors (Lipinski definition) is 4. The lowest BCUT2D eigenvalue weighted by Gasteiger charge is -2.23. The molecule has 0 spiro atoms. The average molecular weight is 368 g/mol. The van der Waals surface area contributed by atoms with E-state index >= 15 is 0 Å². The van der Waals surface area contributed by atoms with E-state index in [2.05, 4.69) is 0 Å². The van der Waals surface area contributed by atoms with Crippen molar-refractivity contribution in [1.29, 1.82) is 0 Å². The summed E-state index contributed by atoms with van der Waals surface area (Å²) in [7, 11) is 0. The first-order valence-corrected chi connectivity index (χ1v) is 9.13. The number of amides is 2. The second kappa shape index (κ2) is 9.62. The van der Waals surface area contributed by atoms with Crippen molar-refractivity contribution in [3.63, 3.8) is 0 Å². The van der Waals surface area contributed by atoms with Crippen molar-refractivity contribution < 1.29 is 19.1 Å². The van der Waals surface area contributed by atoms with E-state index in [0.717, 1.165) is 24.0 Å². The van der Waals surface area contributed by atoms with Crippen LogP contribution in [0.4, 0.5) is 9.59 Å². The van der Waals surface area contributed by atoms with Crippen LogP contribution in [0, 0.1) is 0 Å². The molecular formula is C21H24N2O4. The van der Waals surface area contributed by atoms with Crippen LogP contribution >= 0.6 is 0 Å². The standard InChI is InChI=1S/C21H24N2O4/c24-20(22-13-7-8-14-22)27-17-23(15-18-9-3-1-4-10-18)21(25)26-16-19-11-5-2-6-12-19/h1-6,9-12H,7-8,13-17H2. The van der Waals surface area contributed by atoms with Crippen LogP contribution < -0.4 is 0 Å². The highest BCUT2D eigenvalue weighted by Gasteiger charge is 2.22. The van der Waals surface area contributed by atoms with Gasteiger partial charge in [-0.15, -0.1) is 0 Å². The highest BCUT2D eigenvalue weighted by atomic mass is 16.6. The van der Waals surface area contributed by atoms with E-state index in [0.29, 0.717) is 19.6 Å². The summed E-state index contributed by atoms with van der Waals surface area (Å²) >= 11 is 0. The van der Waals surface area contributed by atoms with Crippen molar-refractivity contribution in [2.45, 2.75) is 26.0 Å².